The number of methoxy groups -OCH3 is 1. The van der Waals surface area contributed by atoms with Gasteiger partial charge in [0.15, 0.2) is 0 Å². The summed E-state index contributed by atoms with van der Waals surface area (Å²) < 4.78 is 5.75. The Morgan fingerprint density at radius 3 is 2.39 bits per heavy atom. The maximum atomic E-state index is 9.61. The zero-order valence-electron chi connectivity index (χ0n) is 11.5. The summed E-state index contributed by atoms with van der Waals surface area (Å²) in [5.74, 6) is 0.349. The zero-order chi connectivity index (χ0) is 13.6. The van der Waals surface area contributed by atoms with Crippen LogP contribution in [0.15, 0.2) is 24.3 Å². The van der Waals surface area contributed by atoms with Crippen LogP contribution in [0.1, 0.15) is 44.6 Å². The predicted octanol–water partition coefficient (Wildman–Crippen LogP) is 3.06. The van der Waals surface area contributed by atoms with Crippen molar-refractivity contribution in [3.8, 4) is 5.75 Å². The van der Waals surface area contributed by atoms with Gasteiger partial charge in [-0.25, -0.2) is 0 Å². The Kier molecular flexibility index (Phi) is 5.63. The van der Waals surface area contributed by atoms with Crippen molar-refractivity contribution in [3.63, 3.8) is 0 Å². The lowest BCUT2D eigenvalue weighted by Crippen LogP contribution is -2.38. The highest BCUT2D eigenvalue weighted by molar-refractivity contribution is 5.31. The molecule has 1 unspecified atom stereocenters. The molecule has 3 heteroatoms. The average molecular weight is 252 g/mol. The van der Waals surface area contributed by atoms with E-state index in [0.717, 1.165) is 18.4 Å². The Balaban J connectivity index is 3.15. The Bertz CT molecular complexity index is 350. The molecule has 18 heavy (non-hydrogen) atoms. The van der Waals surface area contributed by atoms with Gasteiger partial charge in [-0.1, -0.05) is 26.0 Å². The van der Waals surface area contributed by atoms with Crippen molar-refractivity contribution in [3.05, 3.63) is 29.8 Å². The van der Waals surface area contributed by atoms with Gasteiger partial charge in [0.1, 0.15) is 5.75 Å². The second kappa shape index (κ2) is 6.76. The van der Waals surface area contributed by atoms with Gasteiger partial charge in [-0.3, -0.25) is 0 Å². The fourth-order valence-corrected chi connectivity index (χ4v) is 2.78. The van der Waals surface area contributed by atoms with E-state index in [0.29, 0.717) is 6.42 Å². The van der Waals surface area contributed by atoms with E-state index in [1.807, 2.05) is 12.1 Å². The molecule has 3 nitrogen and oxygen atoms in total. The van der Waals surface area contributed by atoms with Crippen LogP contribution in [0.4, 0.5) is 0 Å². The SMILES string of the molecule is CCC(CC)(OC)C(CCO)c1cccc(O)c1. The first-order valence-electron chi connectivity index (χ1n) is 6.58. The predicted molar refractivity (Wildman–Crippen MR) is 72.9 cm³/mol. The first-order valence-corrected chi connectivity index (χ1v) is 6.58. The van der Waals surface area contributed by atoms with Crippen molar-refractivity contribution >= 4 is 0 Å². The van der Waals surface area contributed by atoms with Crippen LogP contribution in [0, 0.1) is 0 Å². The van der Waals surface area contributed by atoms with Crippen molar-refractivity contribution in [1.29, 1.82) is 0 Å². The van der Waals surface area contributed by atoms with Crippen LogP contribution >= 0.6 is 0 Å². The molecule has 0 radical (unpaired) electrons. The van der Waals surface area contributed by atoms with E-state index >= 15 is 0 Å². The van der Waals surface area contributed by atoms with E-state index < -0.39 is 0 Å². The van der Waals surface area contributed by atoms with Gasteiger partial charge in [-0.15, -0.1) is 0 Å². The molecule has 0 amide bonds. The van der Waals surface area contributed by atoms with Crippen LogP contribution in [0.25, 0.3) is 0 Å². The number of phenols is 1. The number of phenolic OH excluding ortho intramolecular Hbond substituents is 1. The van der Waals surface area contributed by atoms with Crippen LogP contribution in [-0.2, 0) is 4.74 Å². The fraction of sp³-hybridized carbons (Fsp3) is 0.600. The largest absolute Gasteiger partial charge is 0.508 e. The summed E-state index contributed by atoms with van der Waals surface area (Å²) in [5.41, 5.74) is 0.742. The van der Waals surface area contributed by atoms with E-state index in [9.17, 15) is 10.2 Å². The van der Waals surface area contributed by atoms with E-state index in [2.05, 4.69) is 13.8 Å². The molecule has 0 aliphatic heterocycles. The summed E-state index contributed by atoms with van der Waals surface area (Å²) in [7, 11) is 1.72. The summed E-state index contributed by atoms with van der Waals surface area (Å²) in [6.07, 6.45) is 2.39. The average Bonchev–Trinajstić information content (AvgIpc) is 2.40. The Labute approximate surface area is 109 Å². The number of hydrogen-bond acceptors (Lipinski definition) is 3. The molecule has 1 rings (SSSR count). The fourth-order valence-electron chi connectivity index (χ4n) is 2.78. The van der Waals surface area contributed by atoms with Crippen LogP contribution < -0.4 is 0 Å². The normalized spacial score (nSPS) is 13.6. The molecule has 1 aromatic rings. The van der Waals surface area contributed by atoms with Gasteiger partial charge in [0.2, 0.25) is 0 Å². The third-order valence-electron chi connectivity index (χ3n) is 3.93. The highest BCUT2D eigenvalue weighted by Gasteiger charge is 2.36. The van der Waals surface area contributed by atoms with Gasteiger partial charge in [0, 0.05) is 19.6 Å². The van der Waals surface area contributed by atoms with Gasteiger partial charge in [-0.2, -0.15) is 0 Å². The monoisotopic (exact) mass is 252 g/mol. The van der Waals surface area contributed by atoms with Crippen molar-refractivity contribution in [2.75, 3.05) is 13.7 Å². The molecule has 0 aliphatic rings. The zero-order valence-corrected chi connectivity index (χ0v) is 11.5. The van der Waals surface area contributed by atoms with Crippen molar-refractivity contribution in [2.45, 2.75) is 44.6 Å². The van der Waals surface area contributed by atoms with Gasteiger partial charge in [0.05, 0.1) is 5.60 Å². The van der Waals surface area contributed by atoms with E-state index in [1.165, 1.54) is 0 Å². The minimum absolute atomic E-state index is 0.0922. The molecule has 0 bridgehead atoms. The van der Waals surface area contributed by atoms with Gasteiger partial charge < -0.3 is 14.9 Å². The molecule has 0 spiro atoms. The number of aliphatic hydroxyl groups is 1. The second-order valence-corrected chi connectivity index (χ2v) is 4.64. The van der Waals surface area contributed by atoms with Gasteiger partial charge >= 0.3 is 0 Å². The smallest absolute Gasteiger partial charge is 0.115 e. The van der Waals surface area contributed by atoms with Crippen molar-refractivity contribution < 1.29 is 14.9 Å². The minimum atomic E-state index is -0.281. The molecule has 0 aliphatic carbocycles. The molecule has 0 saturated carbocycles. The lowest BCUT2D eigenvalue weighted by molar-refractivity contribution is -0.0450. The molecule has 0 saturated heterocycles. The highest BCUT2D eigenvalue weighted by Crippen LogP contribution is 2.39. The topological polar surface area (TPSA) is 49.7 Å². The lowest BCUT2D eigenvalue weighted by atomic mass is 9.76. The number of benzene rings is 1. The molecule has 102 valence electrons. The molecule has 1 atom stereocenters. The van der Waals surface area contributed by atoms with Gasteiger partial charge in [-0.05, 0) is 37.0 Å². The Morgan fingerprint density at radius 2 is 1.94 bits per heavy atom. The first kappa shape index (κ1) is 15.0. The summed E-state index contributed by atoms with van der Waals surface area (Å²) >= 11 is 0. The summed E-state index contributed by atoms with van der Waals surface area (Å²) in [6.45, 7) is 4.31. The first-order chi connectivity index (χ1) is 8.63. The van der Waals surface area contributed by atoms with Crippen molar-refractivity contribution in [1.82, 2.24) is 0 Å². The van der Waals surface area contributed by atoms with Crippen LogP contribution in [0.3, 0.4) is 0 Å². The molecule has 2 N–H and O–H groups in total. The molecule has 0 aromatic heterocycles. The van der Waals surface area contributed by atoms with E-state index in [1.54, 1.807) is 19.2 Å². The quantitative estimate of drug-likeness (QED) is 0.784. The molecule has 0 fully saturated rings. The third kappa shape index (κ3) is 3.03. The molecular formula is C15H24O3. The lowest BCUT2D eigenvalue weighted by Gasteiger charge is -2.38. The van der Waals surface area contributed by atoms with E-state index in [-0.39, 0.29) is 23.9 Å². The molecule has 1 aromatic carbocycles. The standard InChI is InChI=1S/C15H24O3/c1-4-15(5-2,18-3)14(9-10-16)12-7-6-8-13(17)11-12/h6-8,11,14,16-17H,4-5,9-10H2,1-3H3. The third-order valence-corrected chi connectivity index (χ3v) is 3.93. The minimum Gasteiger partial charge on any atom is -0.508 e. The second-order valence-electron chi connectivity index (χ2n) is 4.64. The maximum Gasteiger partial charge on any atom is 0.115 e. The molecule has 0 heterocycles. The highest BCUT2D eigenvalue weighted by atomic mass is 16.5. The van der Waals surface area contributed by atoms with E-state index in [4.69, 9.17) is 4.74 Å². The maximum absolute atomic E-state index is 9.61. The Hall–Kier alpha value is -1.06. The van der Waals surface area contributed by atoms with Crippen LogP contribution in [0.2, 0.25) is 0 Å². The summed E-state index contributed by atoms with van der Waals surface area (Å²) in [5, 5.41) is 18.9. The Morgan fingerprint density at radius 1 is 1.28 bits per heavy atom. The number of rotatable bonds is 7. The van der Waals surface area contributed by atoms with Crippen molar-refractivity contribution in [2.24, 2.45) is 0 Å². The summed E-state index contributed by atoms with van der Waals surface area (Å²) in [6, 6.07) is 7.24. The van der Waals surface area contributed by atoms with Crippen LogP contribution in [-0.4, -0.2) is 29.5 Å². The number of aliphatic hydroxyl groups excluding tert-OH is 1. The number of aromatic hydroxyl groups is 1. The molecular weight excluding hydrogens is 228 g/mol. The number of hydrogen-bond donors (Lipinski definition) is 2. The van der Waals surface area contributed by atoms with Gasteiger partial charge in [0.25, 0.3) is 0 Å². The van der Waals surface area contributed by atoms with Crippen LogP contribution in [0.5, 0.6) is 5.75 Å². The summed E-state index contributed by atoms with van der Waals surface area (Å²) in [4.78, 5) is 0. The number of ether oxygens (including phenoxy) is 1.